The Balaban J connectivity index is 2.49. The molecule has 0 saturated carbocycles. The van der Waals surface area contributed by atoms with E-state index in [2.05, 4.69) is 12.2 Å². The van der Waals surface area contributed by atoms with E-state index >= 15 is 0 Å². The van der Waals surface area contributed by atoms with Crippen LogP contribution in [0.25, 0.3) is 0 Å². The summed E-state index contributed by atoms with van der Waals surface area (Å²) in [5, 5.41) is 3.18. The van der Waals surface area contributed by atoms with E-state index in [4.69, 9.17) is 0 Å². The monoisotopic (exact) mass is 182 g/mol. The Hall–Kier alpha value is -0.830. The van der Waals surface area contributed by atoms with Gasteiger partial charge in [0.2, 0.25) is 5.91 Å². The molecule has 1 rings (SSSR count). The SMILES string of the molecule is CC=CC(=O)N(CCC)C1CNC1. The van der Waals surface area contributed by atoms with Crippen LogP contribution in [0.3, 0.4) is 0 Å². The number of allylic oxidation sites excluding steroid dienone is 1. The van der Waals surface area contributed by atoms with Crippen molar-refractivity contribution in [1.29, 1.82) is 0 Å². The highest BCUT2D eigenvalue weighted by Gasteiger charge is 2.26. The molecule has 0 radical (unpaired) electrons. The first-order valence-electron chi connectivity index (χ1n) is 4.93. The molecule has 1 heterocycles. The summed E-state index contributed by atoms with van der Waals surface area (Å²) in [7, 11) is 0. The normalized spacial score (nSPS) is 17.4. The molecule has 13 heavy (non-hydrogen) atoms. The van der Waals surface area contributed by atoms with Crippen molar-refractivity contribution >= 4 is 5.91 Å². The second kappa shape index (κ2) is 5.02. The maximum absolute atomic E-state index is 11.6. The predicted octanol–water partition coefficient (Wildman–Crippen LogP) is 0.773. The number of hydrogen-bond acceptors (Lipinski definition) is 2. The van der Waals surface area contributed by atoms with Gasteiger partial charge in [0.25, 0.3) is 0 Å². The van der Waals surface area contributed by atoms with E-state index in [1.807, 2.05) is 11.8 Å². The molecule has 1 fully saturated rings. The highest BCUT2D eigenvalue weighted by Crippen LogP contribution is 2.06. The van der Waals surface area contributed by atoms with E-state index in [9.17, 15) is 4.79 Å². The van der Waals surface area contributed by atoms with Crippen molar-refractivity contribution in [3.8, 4) is 0 Å². The molecular formula is C10H18N2O. The number of carbonyl (C=O) groups is 1. The first-order chi connectivity index (χ1) is 6.29. The Labute approximate surface area is 79.8 Å². The Morgan fingerprint density at radius 2 is 2.31 bits per heavy atom. The lowest BCUT2D eigenvalue weighted by Crippen LogP contribution is -2.58. The summed E-state index contributed by atoms with van der Waals surface area (Å²) in [6.07, 6.45) is 4.48. The summed E-state index contributed by atoms with van der Waals surface area (Å²) in [4.78, 5) is 13.5. The van der Waals surface area contributed by atoms with E-state index < -0.39 is 0 Å². The zero-order valence-corrected chi connectivity index (χ0v) is 8.42. The van der Waals surface area contributed by atoms with Gasteiger partial charge in [-0.1, -0.05) is 13.0 Å². The van der Waals surface area contributed by atoms with Gasteiger partial charge in [-0.05, 0) is 19.4 Å². The van der Waals surface area contributed by atoms with Crippen LogP contribution in [0, 0.1) is 0 Å². The van der Waals surface area contributed by atoms with Crippen molar-refractivity contribution in [1.82, 2.24) is 10.2 Å². The molecule has 0 unspecified atom stereocenters. The average Bonchev–Trinajstić information content (AvgIpc) is 2.01. The largest absolute Gasteiger partial charge is 0.334 e. The van der Waals surface area contributed by atoms with Gasteiger partial charge in [0.15, 0.2) is 0 Å². The van der Waals surface area contributed by atoms with Gasteiger partial charge in [-0.25, -0.2) is 0 Å². The quantitative estimate of drug-likeness (QED) is 0.651. The molecule has 0 aromatic rings. The van der Waals surface area contributed by atoms with Gasteiger partial charge in [-0.3, -0.25) is 4.79 Å². The van der Waals surface area contributed by atoms with E-state index in [0.717, 1.165) is 26.1 Å². The number of hydrogen-bond donors (Lipinski definition) is 1. The first-order valence-corrected chi connectivity index (χ1v) is 4.93. The van der Waals surface area contributed by atoms with Gasteiger partial charge in [-0.2, -0.15) is 0 Å². The van der Waals surface area contributed by atoms with Crippen molar-refractivity contribution in [3.63, 3.8) is 0 Å². The lowest BCUT2D eigenvalue weighted by molar-refractivity contribution is -0.129. The summed E-state index contributed by atoms with van der Waals surface area (Å²) in [5.41, 5.74) is 0. The zero-order valence-electron chi connectivity index (χ0n) is 8.42. The van der Waals surface area contributed by atoms with E-state index in [0.29, 0.717) is 6.04 Å². The number of rotatable bonds is 4. The van der Waals surface area contributed by atoms with Crippen molar-refractivity contribution in [2.24, 2.45) is 0 Å². The number of nitrogens with one attached hydrogen (secondary N) is 1. The zero-order chi connectivity index (χ0) is 9.68. The fourth-order valence-electron chi connectivity index (χ4n) is 1.45. The molecule has 1 N–H and O–H groups in total. The minimum absolute atomic E-state index is 0.149. The summed E-state index contributed by atoms with van der Waals surface area (Å²) in [6, 6.07) is 0.420. The fraction of sp³-hybridized carbons (Fsp3) is 0.700. The average molecular weight is 182 g/mol. The van der Waals surface area contributed by atoms with Crippen molar-refractivity contribution < 1.29 is 4.79 Å². The van der Waals surface area contributed by atoms with Gasteiger partial charge >= 0.3 is 0 Å². The fourth-order valence-corrected chi connectivity index (χ4v) is 1.45. The minimum atomic E-state index is 0.149. The van der Waals surface area contributed by atoms with Crippen LogP contribution in [0.2, 0.25) is 0 Å². The Bertz CT molecular complexity index is 197. The molecular weight excluding hydrogens is 164 g/mol. The molecule has 0 aromatic carbocycles. The third-order valence-electron chi connectivity index (χ3n) is 2.26. The standard InChI is InChI=1S/C10H18N2O/c1-3-5-10(13)12(6-4-2)9-7-11-8-9/h3,5,9,11H,4,6-8H2,1-2H3. The number of carbonyl (C=O) groups excluding carboxylic acids is 1. The molecule has 0 spiro atoms. The van der Waals surface area contributed by atoms with E-state index in [-0.39, 0.29) is 5.91 Å². The van der Waals surface area contributed by atoms with Crippen LogP contribution in [-0.2, 0) is 4.79 Å². The molecule has 0 aromatic heterocycles. The summed E-state index contributed by atoms with van der Waals surface area (Å²) >= 11 is 0. The molecule has 3 nitrogen and oxygen atoms in total. The molecule has 0 aliphatic carbocycles. The smallest absolute Gasteiger partial charge is 0.246 e. The maximum Gasteiger partial charge on any atom is 0.246 e. The van der Waals surface area contributed by atoms with Crippen LogP contribution in [0.1, 0.15) is 20.3 Å². The first kappa shape index (κ1) is 10.3. The molecule has 1 saturated heterocycles. The Kier molecular flexibility index (Phi) is 3.96. The highest BCUT2D eigenvalue weighted by atomic mass is 16.2. The van der Waals surface area contributed by atoms with Gasteiger partial charge in [-0.15, -0.1) is 0 Å². The van der Waals surface area contributed by atoms with Crippen LogP contribution >= 0.6 is 0 Å². The molecule has 1 aliphatic rings. The molecule has 74 valence electrons. The second-order valence-corrected chi connectivity index (χ2v) is 3.34. The lowest BCUT2D eigenvalue weighted by atomic mass is 10.1. The highest BCUT2D eigenvalue weighted by molar-refractivity contribution is 5.87. The minimum Gasteiger partial charge on any atom is -0.334 e. The topological polar surface area (TPSA) is 32.3 Å². The van der Waals surface area contributed by atoms with Gasteiger partial charge in [0.05, 0.1) is 6.04 Å². The molecule has 0 bridgehead atoms. The summed E-state index contributed by atoms with van der Waals surface area (Å²) in [6.45, 7) is 6.74. The summed E-state index contributed by atoms with van der Waals surface area (Å²) in [5.74, 6) is 0.149. The van der Waals surface area contributed by atoms with Crippen LogP contribution in [0.15, 0.2) is 12.2 Å². The van der Waals surface area contributed by atoms with E-state index in [1.54, 1.807) is 12.2 Å². The van der Waals surface area contributed by atoms with Gasteiger partial charge < -0.3 is 10.2 Å². The number of amides is 1. The Morgan fingerprint density at radius 1 is 1.62 bits per heavy atom. The Morgan fingerprint density at radius 3 is 2.69 bits per heavy atom. The molecule has 0 atom stereocenters. The van der Waals surface area contributed by atoms with Crippen LogP contribution in [0.4, 0.5) is 0 Å². The molecule has 1 amide bonds. The van der Waals surface area contributed by atoms with E-state index in [1.165, 1.54) is 0 Å². The van der Waals surface area contributed by atoms with Crippen molar-refractivity contribution in [2.75, 3.05) is 19.6 Å². The maximum atomic E-state index is 11.6. The third-order valence-corrected chi connectivity index (χ3v) is 2.26. The second-order valence-electron chi connectivity index (χ2n) is 3.34. The molecule has 1 aliphatic heterocycles. The number of nitrogens with zero attached hydrogens (tertiary/aromatic N) is 1. The van der Waals surface area contributed by atoms with Crippen molar-refractivity contribution in [3.05, 3.63) is 12.2 Å². The van der Waals surface area contributed by atoms with Crippen LogP contribution in [0.5, 0.6) is 0 Å². The summed E-state index contributed by atoms with van der Waals surface area (Å²) < 4.78 is 0. The van der Waals surface area contributed by atoms with Crippen LogP contribution < -0.4 is 5.32 Å². The lowest BCUT2D eigenvalue weighted by Gasteiger charge is -2.37. The molecule has 3 heteroatoms. The van der Waals surface area contributed by atoms with Crippen LogP contribution in [-0.4, -0.2) is 36.5 Å². The van der Waals surface area contributed by atoms with Gasteiger partial charge in [0.1, 0.15) is 0 Å². The predicted molar refractivity (Wildman–Crippen MR) is 53.5 cm³/mol. The van der Waals surface area contributed by atoms with Crippen molar-refractivity contribution in [2.45, 2.75) is 26.3 Å². The van der Waals surface area contributed by atoms with Gasteiger partial charge in [0, 0.05) is 19.6 Å². The third kappa shape index (κ3) is 2.56.